The van der Waals surface area contributed by atoms with Crippen LogP contribution >= 0.6 is 15.9 Å². The van der Waals surface area contributed by atoms with E-state index in [1.165, 1.54) is 10.8 Å². The van der Waals surface area contributed by atoms with E-state index in [1.54, 1.807) is 0 Å². The molecule has 0 radical (unpaired) electrons. The Balaban J connectivity index is 1.98. The van der Waals surface area contributed by atoms with Crippen molar-refractivity contribution >= 4 is 37.7 Å². The van der Waals surface area contributed by atoms with Gasteiger partial charge in [-0.05, 0) is 51.3 Å². The summed E-state index contributed by atoms with van der Waals surface area (Å²) in [7, 11) is 0. The SMILES string of the molecule is CC(C)CNCc1cc2cc3ccccc3c(Br)c2o1. The van der Waals surface area contributed by atoms with Gasteiger partial charge in [-0.15, -0.1) is 0 Å². The lowest BCUT2D eigenvalue weighted by molar-refractivity contribution is 0.485. The third kappa shape index (κ3) is 2.60. The van der Waals surface area contributed by atoms with Gasteiger partial charge in [0.05, 0.1) is 11.0 Å². The molecular weight excluding hydrogens is 314 g/mol. The highest BCUT2D eigenvalue weighted by atomic mass is 79.9. The molecule has 20 heavy (non-hydrogen) atoms. The van der Waals surface area contributed by atoms with Crippen molar-refractivity contribution in [3.05, 3.63) is 46.6 Å². The molecule has 2 aromatic carbocycles. The van der Waals surface area contributed by atoms with E-state index in [4.69, 9.17) is 4.42 Å². The largest absolute Gasteiger partial charge is 0.458 e. The Morgan fingerprint density at radius 3 is 2.75 bits per heavy atom. The van der Waals surface area contributed by atoms with Crippen LogP contribution in [-0.2, 0) is 6.54 Å². The van der Waals surface area contributed by atoms with Crippen LogP contribution in [0.15, 0.2) is 45.3 Å². The lowest BCUT2D eigenvalue weighted by Gasteiger charge is -2.04. The molecule has 2 nitrogen and oxygen atoms in total. The first kappa shape index (κ1) is 13.7. The molecule has 0 saturated heterocycles. The van der Waals surface area contributed by atoms with Gasteiger partial charge in [0.2, 0.25) is 0 Å². The van der Waals surface area contributed by atoms with Crippen molar-refractivity contribution in [1.82, 2.24) is 5.32 Å². The fraction of sp³-hybridized carbons (Fsp3) is 0.294. The first-order chi connectivity index (χ1) is 9.65. The highest BCUT2D eigenvalue weighted by Crippen LogP contribution is 2.34. The Kier molecular flexibility index (Phi) is 3.81. The molecule has 1 aromatic heterocycles. The maximum Gasteiger partial charge on any atom is 0.149 e. The predicted octanol–water partition coefficient (Wildman–Crippen LogP) is 5.09. The number of nitrogens with one attached hydrogen (secondary N) is 1. The molecule has 0 unspecified atom stereocenters. The fourth-order valence-electron chi connectivity index (χ4n) is 2.42. The Labute approximate surface area is 127 Å². The summed E-state index contributed by atoms with van der Waals surface area (Å²) in [5.74, 6) is 1.63. The molecule has 0 fully saturated rings. The molecule has 0 spiro atoms. The van der Waals surface area contributed by atoms with E-state index in [-0.39, 0.29) is 0 Å². The second kappa shape index (κ2) is 5.58. The number of furan rings is 1. The molecule has 1 heterocycles. The van der Waals surface area contributed by atoms with Crippen LogP contribution in [0.3, 0.4) is 0 Å². The maximum atomic E-state index is 5.98. The number of rotatable bonds is 4. The smallest absolute Gasteiger partial charge is 0.149 e. The number of fused-ring (bicyclic) bond motifs is 2. The van der Waals surface area contributed by atoms with Crippen LogP contribution in [0.1, 0.15) is 19.6 Å². The third-order valence-corrected chi connectivity index (χ3v) is 4.16. The van der Waals surface area contributed by atoms with Crippen LogP contribution in [-0.4, -0.2) is 6.54 Å². The molecule has 0 aliphatic carbocycles. The fourth-order valence-corrected chi connectivity index (χ4v) is 3.09. The van der Waals surface area contributed by atoms with E-state index < -0.39 is 0 Å². The first-order valence-corrected chi connectivity index (χ1v) is 7.75. The van der Waals surface area contributed by atoms with Crippen molar-refractivity contribution in [1.29, 1.82) is 0 Å². The van der Waals surface area contributed by atoms with Crippen LogP contribution < -0.4 is 5.32 Å². The average Bonchev–Trinajstić information content (AvgIpc) is 2.82. The zero-order chi connectivity index (χ0) is 14.1. The molecule has 3 heteroatoms. The quantitative estimate of drug-likeness (QED) is 0.719. The molecular formula is C17H18BrNO. The molecule has 104 valence electrons. The Hall–Kier alpha value is -1.32. The van der Waals surface area contributed by atoms with Gasteiger partial charge in [-0.25, -0.2) is 0 Å². The minimum absolute atomic E-state index is 0.647. The number of benzene rings is 2. The summed E-state index contributed by atoms with van der Waals surface area (Å²) in [5, 5.41) is 6.99. The Bertz CT molecular complexity index is 745. The second-order valence-corrected chi connectivity index (χ2v) is 6.36. The van der Waals surface area contributed by atoms with Gasteiger partial charge in [0.15, 0.2) is 0 Å². The maximum absolute atomic E-state index is 5.98. The van der Waals surface area contributed by atoms with Crippen molar-refractivity contribution < 1.29 is 4.42 Å². The van der Waals surface area contributed by atoms with E-state index >= 15 is 0 Å². The van der Waals surface area contributed by atoms with E-state index in [2.05, 4.69) is 65.4 Å². The van der Waals surface area contributed by atoms with E-state index in [9.17, 15) is 0 Å². The van der Waals surface area contributed by atoms with E-state index in [0.29, 0.717) is 5.92 Å². The molecule has 0 aliphatic heterocycles. The highest BCUT2D eigenvalue weighted by molar-refractivity contribution is 9.10. The minimum atomic E-state index is 0.647. The molecule has 0 aliphatic rings. The average molecular weight is 332 g/mol. The van der Waals surface area contributed by atoms with Gasteiger partial charge in [0, 0.05) is 5.39 Å². The van der Waals surface area contributed by atoms with Crippen molar-refractivity contribution in [2.45, 2.75) is 20.4 Å². The summed E-state index contributed by atoms with van der Waals surface area (Å²) in [6, 6.07) is 12.7. The molecule has 0 amide bonds. The Morgan fingerprint density at radius 1 is 1.15 bits per heavy atom. The molecule has 0 saturated carbocycles. The highest BCUT2D eigenvalue weighted by Gasteiger charge is 2.10. The topological polar surface area (TPSA) is 25.2 Å². The molecule has 0 bridgehead atoms. The van der Waals surface area contributed by atoms with Crippen molar-refractivity contribution in [2.24, 2.45) is 5.92 Å². The van der Waals surface area contributed by atoms with Crippen LogP contribution in [0.2, 0.25) is 0 Å². The van der Waals surface area contributed by atoms with Crippen molar-refractivity contribution in [3.63, 3.8) is 0 Å². The summed E-state index contributed by atoms with van der Waals surface area (Å²) in [6.07, 6.45) is 0. The third-order valence-electron chi connectivity index (χ3n) is 3.37. The van der Waals surface area contributed by atoms with Gasteiger partial charge in [-0.1, -0.05) is 38.1 Å². The number of hydrogen-bond donors (Lipinski definition) is 1. The predicted molar refractivity (Wildman–Crippen MR) is 88.0 cm³/mol. The standard InChI is InChI=1S/C17H18BrNO/c1-11(2)9-19-10-14-8-13-7-12-5-3-4-6-15(12)16(18)17(13)20-14/h3-8,11,19H,9-10H2,1-2H3. The minimum Gasteiger partial charge on any atom is -0.458 e. The number of halogens is 1. The van der Waals surface area contributed by atoms with Gasteiger partial charge >= 0.3 is 0 Å². The molecule has 3 aromatic rings. The number of hydrogen-bond acceptors (Lipinski definition) is 2. The summed E-state index contributed by atoms with van der Waals surface area (Å²) < 4.78 is 7.02. The summed E-state index contributed by atoms with van der Waals surface area (Å²) >= 11 is 3.67. The van der Waals surface area contributed by atoms with Crippen molar-refractivity contribution in [2.75, 3.05) is 6.54 Å². The van der Waals surface area contributed by atoms with Gasteiger partial charge < -0.3 is 9.73 Å². The zero-order valence-corrected chi connectivity index (χ0v) is 13.3. The van der Waals surface area contributed by atoms with Gasteiger partial charge in [0.25, 0.3) is 0 Å². The van der Waals surface area contributed by atoms with Crippen LogP contribution in [0.4, 0.5) is 0 Å². The second-order valence-electron chi connectivity index (χ2n) is 5.57. The van der Waals surface area contributed by atoms with Crippen LogP contribution in [0.25, 0.3) is 21.7 Å². The van der Waals surface area contributed by atoms with E-state index in [0.717, 1.165) is 34.3 Å². The summed E-state index contributed by atoms with van der Waals surface area (Å²) in [4.78, 5) is 0. The molecule has 1 N–H and O–H groups in total. The van der Waals surface area contributed by atoms with Crippen molar-refractivity contribution in [3.8, 4) is 0 Å². The molecule has 3 rings (SSSR count). The zero-order valence-electron chi connectivity index (χ0n) is 11.7. The lowest BCUT2D eigenvalue weighted by atomic mass is 10.1. The van der Waals surface area contributed by atoms with Gasteiger partial charge in [0.1, 0.15) is 11.3 Å². The first-order valence-electron chi connectivity index (χ1n) is 6.95. The Morgan fingerprint density at radius 2 is 1.95 bits per heavy atom. The summed E-state index contributed by atoms with van der Waals surface area (Å²) in [5.41, 5.74) is 0.935. The molecule has 0 atom stereocenters. The normalized spacial score (nSPS) is 11.8. The van der Waals surface area contributed by atoms with Gasteiger partial charge in [-0.2, -0.15) is 0 Å². The monoisotopic (exact) mass is 331 g/mol. The lowest BCUT2D eigenvalue weighted by Crippen LogP contribution is -2.18. The van der Waals surface area contributed by atoms with E-state index in [1.807, 2.05) is 6.07 Å². The van der Waals surface area contributed by atoms with Gasteiger partial charge in [-0.3, -0.25) is 0 Å². The summed E-state index contributed by atoms with van der Waals surface area (Å²) in [6.45, 7) is 6.18. The van der Waals surface area contributed by atoms with Crippen LogP contribution in [0, 0.1) is 5.92 Å². The van der Waals surface area contributed by atoms with Crippen LogP contribution in [0.5, 0.6) is 0 Å².